The molecule has 1 aromatic carbocycles. The number of hydrogen-bond donors (Lipinski definition) is 0. The van der Waals surface area contributed by atoms with Crippen LogP contribution in [0.3, 0.4) is 0 Å². The topological polar surface area (TPSA) is 68.8 Å². The molecule has 0 aliphatic carbocycles. The zero-order valence-corrected chi connectivity index (χ0v) is 22.0. The number of amides is 1. The van der Waals surface area contributed by atoms with Crippen LogP contribution in [0.4, 0.5) is 4.79 Å². The number of benzene rings is 1. The van der Waals surface area contributed by atoms with Gasteiger partial charge >= 0.3 is 12.1 Å². The van der Waals surface area contributed by atoms with E-state index in [0.29, 0.717) is 6.42 Å². The lowest BCUT2D eigenvalue weighted by molar-refractivity contribution is -0.140. The summed E-state index contributed by atoms with van der Waals surface area (Å²) in [6, 6.07) is 10.8. The van der Waals surface area contributed by atoms with Crippen molar-refractivity contribution in [1.29, 1.82) is 0 Å². The summed E-state index contributed by atoms with van der Waals surface area (Å²) in [5, 5.41) is 0. The van der Waals surface area contributed by atoms with Crippen LogP contribution in [-0.4, -0.2) is 128 Å². The first kappa shape index (κ1) is 26.9. The molecule has 0 saturated carbocycles. The van der Waals surface area contributed by atoms with Gasteiger partial charge in [0.2, 0.25) is 0 Å². The quantitative estimate of drug-likeness (QED) is 0.426. The second-order valence-electron chi connectivity index (χ2n) is 10.3. The van der Waals surface area contributed by atoms with Crippen molar-refractivity contribution in [2.45, 2.75) is 44.5 Å². The highest BCUT2D eigenvalue weighted by Gasteiger charge is 2.43. The average Bonchev–Trinajstić information content (AvgIpc) is 3.19. The van der Waals surface area contributed by atoms with Crippen LogP contribution in [0.2, 0.25) is 0 Å². The van der Waals surface area contributed by atoms with Gasteiger partial charge in [0.05, 0.1) is 13.2 Å². The molecule has 0 N–H and O–H groups in total. The number of carbonyl (C=O) groups is 2. The standard InChI is InChI=1S/C27H43N5O4/c1-28-24(10-6-12-29-14-16-31(17-15-29)22-23-8-4-3-5-9-23)26(36-27(28)34)32-20-18-30(19-21-32)13-7-11-25(33)35-2/h3-5,8-9,24,26H,6-7,10-22H2,1-2H3. The summed E-state index contributed by atoms with van der Waals surface area (Å²) in [4.78, 5) is 35.3. The number of piperazine rings is 2. The zero-order valence-electron chi connectivity index (χ0n) is 22.0. The number of esters is 1. The molecule has 0 bridgehead atoms. The van der Waals surface area contributed by atoms with E-state index < -0.39 is 0 Å². The molecule has 9 heteroatoms. The Morgan fingerprint density at radius 3 is 2.19 bits per heavy atom. The Morgan fingerprint density at radius 1 is 0.917 bits per heavy atom. The average molecular weight is 502 g/mol. The SMILES string of the molecule is COC(=O)CCCN1CCN(C2OC(=O)N(C)C2CCCN2CCN(Cc3ccccc3)CC2)CC1. The van der Waals surface area contributed by atoms with E-state index in [0.717, 1.165) is 91.3 Å². The molecule has 36 heavy (non-hydrogen) atoms. The Bertz CT molecular complexity index is 825. The number of cyclic esters (lactones) is 1. The Morgan fingerprint density at radius 2 is 1.53 bits per heavy atom. The molecule has 3 aliphatic rings. The van der Waals surface area contributed by atoms with Crippen molar-refractivity contribution in [3.05, 3.63) is 35.9 Å². The normalized spacial score (nSPS) is 24.7. The lowest BCUT2D eigenvalue weighted by Gasteiger charge is -2.39. The van der Waals surface area contributed by atoms with E-state index in [9.17, 15) is 9.59 Å². The van der Waals surface area contributed by atoms with Crippen LogP contribution >= 0.6 is 0 Å². The minimum Gasteiger partial charge on any atom is -0.469 e. The van der Waals surface area contributed by atoms with Crippen LogP contribution in [0.1, 0.15) is 31.2 Å². The fourth-order valence-corrected chi connectivity index (χ4v) is 5.57. The van der Waals surface area contributed by atoms with E-state index in [1.807, 2.05) is 7.05 Å². The van der Waals surface area contributed by atoms with Gasteiger partial charge in [-0.2, -0.15) is 0 Å². The molecule has 0 radical (unpaired) electrons. The van der Waals surface area contributed by atoms with E-state index in [1.54, 1.807) is 4.90 Å². The van der Waals surface area contributed by atoms with E-state index in [-0.39, 0.29) is 24.3 Å². The zero-order chi connectivity index (χ0) is 25.3. The van der Waals surface area contributed by atoms with Crippen LogP contribution in [0.25, 0.3) is 0 Å². The Kier molecular flexibility index (Phi) is 9.98. The third kappa shape index (κ3) is 7.41. The van der Waals surface area contributed by atoms with Crippen molar-refractivity contribution in [2.75, 3.05) is 79.6 Å². The molecule has 200 valence electrons. The molecule has 3 heterocycles. The molecule has 3 saturated heterocycles. The predicted molar refractivity (Wildman–Crippen MR) is 138 cm³/mol. The fraction of sp³-hybridized carbons (Fsp3) is 0.704. The minimum atomic E-state index is -0.208. The van der Waals surface area contributed by atoms with Crippen LogP contribution < -0.4 is 0 Å². The Balaban J connectivity index is 1.16. The highest BCUT2D eigenvalue weighted by molar-refractivity contribution is 5.70. The molecule has 2 atom stereocenters. The number of rotatable bonds is 11. The maximum atomic E-state index is 12.4. The number of ether oxygens (including phenoxy) is 2. The van der Waals surface area contributed by atoms with Gasteiger partial charge in [0.1, 0.15) is 0 Å². The third-order valence-corrected chi connectivity index (χ3v) is 7.87. The molecule has 3 fully saturated rings. The van der Waals surface area contributed by atoms with Gasteiger partial charge in [-0.05, 0) is 37.9 Å². The van der Waals surface area contributed by atoms with Crippen LogP contribution in [0, 0.1) is 0 Å². The summed E-state index contributed by atoms with van der Waals surface area (Å²) in [6.45, 7) is 11.0. The number of carbonyl (C=O) groups excluding carboxylic acids is 2. The summed E-state index contributed by atoms with van der Waals surface area (Å²) in [5.41, 5.74) is 1.38. The molecule has 0 aromatic heterocycles. The van der Waals surface area contributed by atoms with Gasteiger partial charge in [-0.25, -0.2) is 4.79 Å². The number of methoxy groups -OCH3 is 1. The largest absolute Gasteiger partial charge is 0.469 e. The number of nitrogens with zero attached hydrogens (tertiary/aromatic N) is 5. The number of likely N-dealkylation sites (N-methyl/N-ethyl adjacent to an activating group) is 1. The van der Waals surface area contributed by atoms with Gasteiger partial charge in [0.15, 0.2) is 6.23 Å². The summed E-state index contributed by atoms with van der Waals surface area (Å²) >= 11 is 0. The van der Waals surface area contributed by atoms with Crippen molar-refractivity contribution in [1.82, 2.24) is 24.5 Å². The lowest BCUT2D eigenvalue weighted by atomic mass is 10.1. The second kappa shape index (κ2) is 13.4. The van der Waals surface area contributed by atoms with Gasteiger partial charge in [-0.3, -0.25) is 14.6 Å². The molecule has 3 aliphatic heterocycles. The van der Waals surface area contributed by atoms with Gasteiger partial charge in [-0.1, -0.05) is 30.3 Å². The van der Waals surface area contributed by atoms with Gasteiger partial charge in [-0.15, -0.1) is 0 Å². The van der Waals surface area contributed by atoms with E-state index in [2.05, 4.69) is 49.9 Å². The summed E-state index contributed by atoms with van der Waals surface area (Å²) in [7, 11) is 3.31. The van der Waals surface area contributed by atoms with Crippen LogP contribution in [-0.2, 0) is 20.8 Å². The molecular formula is C27H43N5O4. The maximum absolute atomic E-state index is 12.4. The highest BCUT2D eigenvalue weighted by Crippen LogP contribution is 2.26. The maximum Gasteiger partial charge on any atom is 0.411 e. The molecule has 1 amide bonds. The predicted octanol–water partition coefficient (Wildman–Crippen LogP) is 1.93. The Hall–Kier alpha value is -2.20. The first-order valence-corrected chi connectivity index (χ1v) is 13.5. The molecule has 1 aromatic rings. The first-order valence-electron chi connectivity index (χ1n) is 13.5. The van der Waals surface area contributed by atoms with Crippen molar-refractivity contribution in [2.24, 2.45) is 0 Å². The third-order valence-electron chi connectivity index (χ3n) is 7.87. The molecule has 0 spiro atoms. The first-order chi connectivity index (χ1) is 17.5. The number of hydrogen-bond acceptors (Lipinski definition) is 8. The fourth-order valence-electron chi connectivity index (χ4n) is 5.57. The summed E-state index contributed by atoms with van der Waals surface area (Å²) < 4.78 is 10.5. The monoisotopic (exact) mass is 501 g/mol. The van der Waals surface area contributed by atoms with Crippen LogP contribution in [0.5, 0.6) is 0 Å². The molecular weight excluding hydrogens is 458 g/mol. The summed E-state index contributed by atoms with van der Waals surface area (Å²) in [5.74, 6) is -0.147. The van der Waals surface area contributed by atoms with E-state index >= 15 is 0 Å². The van der Waals surface area contributed by atoms with Gasteiger partial charge in [0.25, 0.3) is 0 Å². The van der Waals surface area contributed by atoms with Gasteiger partial charge < -0.3 is 24.2 Å². The van der Waals surface area contributed by atoms with Crippen molar-refractivity contribution in [3.8, 4) is 0 Å². The smallest absolute Gasteiger partial charge is 0.411 e. The highest BCUT2D eigenvalue weighted by atomic mass is 16.6. The van der Waals surface area contributed by atoms with Gasteiger partial charge in [0, 0.05) is 72.4 Å². The molecule has 9 nitrogen and oxygen atoms in total. The van der Waals surface area contributed by atoms with Crippen molar-refractivity contribution >= 4 is 12.1 Å². The Labute approximate surface area is 215 Å². The van der Waals surface area contributed by atoms with Crippen molar-refractivity contribution in [3.63, 3.8) is 0 Å². The second-order valence-corrected chi connectivity index (χ2v) is 10.3. The minimum absolute atomic E-state index is 0.0998. The summed E-state index contributed by atoms with van der Waals surface area (Å²) in [6.07, 6.45) is 2.93. The molecule has 2 unspecified atom stereocenters. The van der Waals surface area contributed by atoms with E-state index in [4.69, 9.17) is 9.47 Å². The molecule has 4 rings (SSSR count). The van der Waals surface area contributed by atoms with Crippen LogP contribution in [0.15, 0.2) is 30.3 Å². The van der Waals surface area contributed by atoms with E-state index in [1.165, 1.54) is 12.7 Å². The van der Waals surface area contributed by atoms with Crippen molar-refractivity contribution < 1.29 is 19.1 Å². The lowest BCUT2D eigenvalue weighted by Crippen LogP contribution is -2.54.